The van der Waals surface area contributed by atoms with Gasteiger partial charge in [-0.3, -0.25) is 0 Å². The number of hydrogen-bond donors (Lipinski definition) is 1. The van der Waals surface area contributed by atoms with E-state index in [0.29, 0.717) is 13.2 Å². The van der Waals surface area contributed by atoms with Crippen molar-refractivity contribution < 1.29 is 4.74 Å². The number of ether oxygens (including phenoxy) is 1. The maximum absolute atomic E-state index is 6.15. The molecule has 0 bridgehead atoms. The van der Waals surface area contributed by atoms with Crippen LogP contribution >= 0.6 is 0 Å². The van der Waals surface area contributed by atoms with E-state index in [-0.39, 0.29) is 11.5 Å². The molecule has 1 unspecified atom stereocenters. The highest BCUT2D eigenvalue weighted by molar-refractivity contribution is 5.35. The lowest BCUT2D eigenvalue weighted by Crippen LogP contribution is -2.23. The molecule has 2 heteroatoms. The molecular weight excluding hydrogens is 198 g/mol. The second-order valence-electron chi connectivity index (χ2n) is 5.10. The highest BCUT2D eigenvalue weighted by Gasteiger charge is 2.20. The lowest BCUT2D eigenvalue weighted by Gasteiger charge is -2.25. The van der Waals surface area contributed by atoms with Crippen LogP contribution in [0.15, 0.2) is 24.3 Å². The standard InChI is InChI=1S/C14H23NO/c1-5-16-10-13(15)11-8-6-7-9-12(11)14(2,3)4/h6-9,13H,5,10,15H2,1-4H3. The zero-order valence-electron chi connectivity index (χ0n) is 10.8. The number of rotatable bonds is 4. The van der Waals surface area contributed by atoms with Gasteiger partial charge in [-0.1, -0.05) is 45.0 Å². The molecule has 90 valence electrons. The van der Waals surface area contributed by atoms with Gasteiger partial charge in [0, 0.05) is 6.61 Å². The minimum atomic E-state index is -0.0321. The van der Waals surface area contributed by atoms with Gasteiger partial charge >= 0.3 is 0 Å². The number of hydrogen-bond acceptors (Lipinski definition) is 2. The van der Waals surface area contributed by atoms with Crippen molar-refractivity contribution in [3.8, 4) is 0 Å². The van der Waals surface area contributed by atoms with Crippen LogP contribution in [-0.4, -0.2) is 13.2 Å². The third-order valence-electron chi connectivity index (χ3n) is 2.67. The molecular formula is C14H23NO. The molecule has 0 spiro atoms. The molecule has 0 radical (unpaired) electrons. The predicted molar refractivity (Wildman–Crippen MR) is 68.6 cm³/mol. The normalized spacial score (nSPS) is 13.8. The molecule has 0 aliphatic heterocycles. The fourth-order valence-electron chi connectivity index (χ4n) is 1.84. The summed E-state index contributed by atoms with van der Waals surface area (Å²) in [5.74, 6) is 0. The fourth-order valence-corrected chi connectivity index (χ4v) is 1.84. The van der Waals surface area contributed by atoms with Crippen LogP contribution in [0, 0.1) is 0 Å². The predicted octanol–water partition coefficient (Wildman–Crippen LogP) is 3.02. The van der Waals surface area contributed by atoms with Crippen molar-refractivity contribution in [2.75, 3.05) is 13.2 Å². The van der Waals surface area contributed by atoms with Crippen molar-refractivity contribution in [2.24, 2.45) is 5.73 Å². The van der Waals surface area contributed by atoms with E-state index in [0.717, 1.165) is 0 Å². The van der Waals surface area contributed by atoms with Gasteiger partial charge in [0.2, 0.25) is 0 Å². The first-order chi connectivity index (χ1) is 7.46. The second kappa shape index (κ2) is 5.46. The minimum Gasteiger partial charge on any atom is -0.380 e. The Morgan fingerprint density at radius 1 is 1.25 bits per heavy atom. The van der Waals surface area contributed by atoms with Gasteiger partial charge in [-0.05, 0) is 23.5 Å². The van der Waals surface area contributed by atoms with E-state index in [9.17, 15) is 0 Å². The summed E-state index contributed by atoms with van der Waals surface area (Å²) >= 11 is 0. The van der Waals surface area contributed by atoms with Gasteiger partial charge < -0.3 is 10.5 Å². The van der Waals surface area contributed by atoms with Crippen molar-refractivity contribution in [3.05, 3.63) is 35.4 Å². The smallest absolute Gasteiger partial charge is 0.0659 e. The first-order valence-corrected chi connectivity index (χ1v) is 5.89. The maximum Gasteiger partial charge on any atom is 0.0659 e. The Balaban J connectivity index is 2.94. The average molecular weight is 221 g/mol. The molecule has 1 rings (SSSR count). The molecule has 0 saturated carbocycles. The van der Waals surface area contributed by atoms with Crippen molar-refractivity contribution in [3.63, 3.8) is 0 Å². The SMILES string of the molecule is CCOCC(N)c1ccccc1C(C)(C)C. The summed E-state index contributed by atoms with van der Waals surface area (Å²) in [5.41, 5.74) is 8.78. The van der Waals surface area contributed by atoms with E-state index in [4.69, 9.17) is 10.5 Å². The van der Waals surface area contributed by atoms with Gasteiger partial charge in [-0.2, -0.15) is 0 Å². The molecule has 1 aromatic rings. The lowest BCUT2D eigenvalue weighted by atomic mass is 9.82. The van der Waals surface area contributed by atoms with E-state index in [1.165, 1.54) is 11.1 Å². The average Bonchev–Trinajstić information content (AvgIpc) is 2.24. The van der Waals surface area contributed by atoms with Gasteiger partial charge in [0.25, 0.3) is 0 Å². The Labute approximate surface area is 98.8 Å². The zero-order valence-corrected chi connectivity index (χ0v) is 10.8. The number of nitrogens with two attached hydrogens (primary N) is 1. The quantitative estimate of drug-likeness (QED) is 0.848. The monoisotopic (exact) mass is 221 g/mol. The molecule has 2 nitrogen and oxygen atoms in total. The van der Waals surface area contributed by atoms with Crippen molar-refractivity contribution in [2.45, 2.75) is 39.2 Å². The summed E-state index contributed by atoms with van der Waals surface area (Å²) in [5, 5.41) is 0. The van der Waals surface area contributed by atoms with Crippen LogP contribution < -0.4 is 5.73 Å². The minimum absolute atomic E-state index is 0.0321. The highest BCUT2D eigenvalue weighted by atomic mass is 16.5. The summed E-state index contributed by atoms with van der Waals surface area (Å²) in [4.78, 5) is 0. The zero-order chi connectivity index (χ0) is 12.2. The summed E-state index contributed by atoms with van der Waals surface area (Å²) in [6, 6.07) is 8.33. The van der Waals surface area contributed by atoms with Gasteiger partial charge in [0.1, 0.15) is 0 Å². The molecule has 0 aliphatic carbocycles. The van der Waals surface area contributed by atoms with E-state index in [1.54, 1.807) is 0 Å². The highest BCUT2D eigenvalue weighted by Crippen LogP contribution is 2.28. The summed E-state index contributed by atoms with van der Waals surface area (Å²) in [6.07, 6.45) is 0. The Morgan fingerprint density at radius 2 is 1.88 bits per heavy atom. The lowest BCUT2D eigenvalue weighted by molar-refractivity contribution is 0.133. The molecule has 0 aromatic heterocycles. The molecule has 0 aliphatic rings. The van der Waals surface area contributed by atoms with Gasteiger partial charge in [0.05, 0.1) is 12.6 Å². The van der Waals surface area contributed by atoms with Gasteiger partial charge in [0.15, 0.2) is 0 Å². The van der Waals surface area contributed by atoms with Gasteiger partial charge in [-0.25, -0.2) is 0 Å². The number of benzene rings is 1. The van der Waals surface area contributed by atoms with Crippen LogP contribution in [0.5, 0.6) is 0 Å². The van der Waals surface area contributed by atoms with Crippen LogP contribution in [0.25, 0.3) is 0 Å². The van der Waals surface area contributed by atoms with E-state index >= 15 is 0 Å². The summed E-state index contributed by atoms with van der Waals surface area (Å²) in [6.45, 7) is 9.91. The van der Waals surface area contributed by atoms with Crippen molar-refractivity contribution in [1.82, 2.24) is 0 Å². The molecule has 2 N–H and O–H groups in total. The first kappa shape index (κ1) is 13.2. The third-order valence-corrected chi connectivity index (χ3v) is 2.67. The second-order valence-corrected chi connectivity index (χ2v) is 5.10. The van der Waals surface area contributed by atoms with Crippen LogP contribution in [0.3, 0.4) is 0 Å². The molecule has 1 atom stereocenters. The molecule has 1 aromatic carbocycles. The van der Waals surface area contributed by atoms with Gasteiger partial charge in [-0.15, -0.1) is 0 Å². The molecule has 0 saturated heterocycles. The summed E-state index contributed by atoms with van der Waals surface area (Å²) < 4.78 is 5.39. The Hall–Kier alpha value is -0.860. The molecule has 16 heavy (non-hydrogen) atoms. The third kappa shape index (κ3) is 3.32. The molecule has 0 heterocycles. The van der Waals surface area contributed by atoms with E-state index in [2.05, 4.69) is 39.0 Å². The van der Waals surface area contributed by atoms with E-state index in [1.807, 2.05) is 13.0 Å². The van der Waals surface area contributed by atoms with Crippen molar-refractivity contribution in [1.29, 1.82) is 0 Å². The largest absolute Gasteiger partial charge is 0.380 e. The Bertz CT molecular complexity index is 328. The van der Waals surface area contributed by atoms with Crippen LogP contribution in [-0.2, 0) is 10.2 Å². The molecule has 0 fully saturated rings. The van der Waals surface area contributed by atoms with Crippen LogP contribution in [0.4, 0.5) is 0 Å². The molecule has 0 amide bonds. The maximum atomic E-state index is 6.15. The topological polar surface area (TPSA) is 35.2 Å². The van der Waals surface area contributed by atoms with Crippen LogP contribution in [0.1, 0.15) is 44.9 Å². The summed E-state index contributed by atoms with van der Waals surface area (Å²) in [7, 11) is 0. The fraction of sp³-hybridized carbons (Fsp3) is 0.571. The van der Waals surface area contributed by atoms with E-state index < -0.39 is 0 Å². The van der Waals surface area contributed by atoms with Crippen molar-refractivity contribution >= 4 is 0 Å². The van der Waals surface area contributed by atoms with Crippen LogP contribution in [0.2, 0.25) is 0 Å². The Morgan fingerprint density at radius 3 is 2.44 bits per heavy atom. The first-order valence-electron chi connectivity index (χ1n) is 5.89. The Kier molecular flexibility index (Phi) is 4.51.